The van der Waals surface area contributed by atoms with Crippen molar-refractivity contribution in [2.24, 2.45) is 0 Å². The number of aliphatic hydroxyl groups is 1. The lowest BCUT2D eigenvalue weighted by molar-refractivity contribution is -0.149. The van der Waals surface area contributed by atoms with Crippen molar-refractivity contribution in [3.05, 3.63) is 63.4 Å². The molecule has 0 bridgehead atoms. The summed E-state index contributed by atoms with van der Waals surface area (Å²) >= 11 is 11.5. The van der Waals surface area contributed by atoms with Gasteiger partial charge in [-0.05, 0) is 44.7 Å². The number of alkyl halides is 2. The van der Waals surface area contributed by atoms with Crippen molar-refractivity contribution in [3.63, 3.8) is 0 Å². The summed E-state index contributed by atoms with van der Waals surface area (Å²) in [7, 11) is 0. The van der Waals surface area contributed by atoms with Crippen molar-refractivity contribution in [3.8, 4) is 5.75 Å². The zero-order valence-corrected chi connectivity index (χ0v) is 22.0. The summed E-state index contributed by atoms with van der Waals surface area (Å²) in [5.41, 5.74) is -1.69. The summed E-state index contributed by atoms with van der Waals surface area (Å²) in [5, 5.41) is 10.4. The molecule has 1 saturated heterocycles. The van der Waals surface area contributed by atoms with Crippen LogP contribution in [0.5, 0.6) is 5.75 Å². The number of esters is 1. The Hall–Kier alpha value is -2.12. The van der Waals surface area contributed by atoms with Gasteiger partial charge in [0, 0.05) is 12.3 Å². The van der Waals surface area contributed by atoms with Crippen LogP contribution in [0.15, 0.2) is 52.2 Å². The maximum Gasteiger partial charge on any atom is 0.330 e. The maximum absolute atomic E-state index is 15.2. The molecule has 1 aromatic carbocycles. The Morgan fingerprint density at radius 2 is 2.00 bits per heavy atom. The Morgan fingerprint density at radius 3 is 2.61 bits per heavy atom. The first kappa shape index (κ1) is 28.5. The molecule has 0 aliphatic carbocycles. The van der Waals surface area contributed by atoms with Crippen LogP contribution in [0.3, 0.4) is 0 Å². The molecule has 1 aromatic heterocycles. The van der Waals surface area contributed by atoms with E-state index in [-0.39, 0.29) is 6.10 Å². The van der Waals surface area contributed by atoms with Gasteiger partial charge in [-0.25, -0.2) is 14.3 Å². The highest BCUT2D eigenvalue weighted by Gasteiger charge is 2.58. The molecule has 0 saturated carbocycles. The minimum absolute atomic E-state index is 0.334. The molecule has 2 heterocycles. The summed E-state index contributed by atoms with van der Waals surface area (Å²) in [6.45, 7) is 0.859. The Balaban J connectivity index is 1.80. The van der Waals surface area contributed by atoms with Crippen molar-refractivity contribution in [2.45, 2.75) is 56.5 Å². The minimum Gasteiger partial charge on any atom is -0.462 e. The molecule has 1 fully saturated rings. The van der Waals surface area contributed by atoms with E-state index in [2.05, 4.69) is 5.09 Å². The van der Waals surface area contributed by atoms with Gasteiger partial charge in [-0.3, -0.25) is 19.1 Å². The fourth-order valence-corrected chi connectivity index (χ4v) is 5.94. The molecule has 0 unspecified atom stereocenters. The van der Waals surface area contributed by atoms with Crippen LogP contribution in [0.25, 0.3) is 0 Å². The molecule has 3 rings (SSSR count). The molecule has 1 aliphatic heterocycles. The molecule has 0 amide bonds. The molecule has 36 heavy (non-hydrogen) atoms. The lowest BCUT2D eigenvalue weighted by Gasteiger charge is -2.28. The van der Waals surface area contributed by atoms with Crippen LogP contribution in [-0.2, 0) is 30.6 Å². The van der Waals surface area contributed by atoms with E-state index in [4.69, 9.17) is 41.9 Å². The molecule has 2 aromatic rings. The molecular weight excluding hydrogens is 540 g/mol. The molecular formula is C21H26ClFN3O8PS. The van der Waals surface area contributed by atoms with Crippen LogP contribution in [-0.4, -0.2) is 56.7 Å². The number of rotatable bonds is 10. The molecule has 0 radical (unpaired) electrons. The number of hydrogen-bond acceptors (Lipinski definition) is 9. The first-order valence-corrected chi connectivity index (χ1v) is 13.8. The molecule has 11 nitrogen and oxygen atoms in total. The summed E-state index contributed by atoms with van der Waals surface area (Å²) in [4.78, 5) is 37.7. The van der Waals surface area contributed by atoms with E-state index in [0.29, 0.717) is 10.3 Å². The van der Waals surface area contributed by atoms with Crippen molar-refractivity contribution in [1.29, 1.82) is 0 Å². The zero-order valence-electron chi connectivity index (χ0n) is 19.5. The number of carbonyl (C=O) groups excluding carboxylic acids is 1. The smallest absolute Gasteiger partial charge is 0.330 e. The average Bonchev–Trinajstić information content (AvgIpc) is 3.01. The molecule has 198 valence electrons. The second kappa shape index (κ2) is 11.5. The quantitative estimate of drug-likeness (QED) is 0.222. The molecule has 3 N–H and O–H groups in total. The fraction of sp³-hybridized carbons (Fsp3) is 0.476. The zero-order chi connectivity index (χ0) is 26.7. The largest absolute Gasteiger partial charge is 0.462 e. The molecule has 0 spiro atoms. The second-order valence-electron chi connectivity index (χ2n) is 8.20. The molecule has 15 heteroatoms. The Morgan fingerprint density at radius 1 is 1.33 bits per heavy atom. The van der Waals surface area contributed by atoms with Crippen molar-refractivity contribution >= 4 is 36.0 Å². The summed E-state index contributed by atoms with van der Waals surface area (Å²) in [6, 6.07) is 8.44. The highest BCUT2D eigenvalue weighted by molar-refractivity contribution is 8.09. The number of para-hydroxylation sites is 1. The Kier molecular flexibility index (Phi) is 9.10. The van der Waals surface area contributed by atoms with Gasteiger partial charge in [0.15, 0.2) is 6.23 Å². The summed E-state index contributed by atoms with van der Waals surface area (Å²) in [5.74, 6) is -0.266. The number of H-pyrrole nitrogens is 1. The predicted molar refractivity (Wildman–Crippen MR) is 132 cm³/mol. The van der Waals surface area contributed by atoms with Gasteiger partial charge in [0.25, 0.3) is 10.7 Å². The number of benzene rings is 1. The van der Waals surface area contributed by atoms with Gasteiger partial charge in [-0.2, -0.15) is 0 Å². The van der Waals surface area contributed by atoms with Crippen LogP contribution in [0.2, 0.25) is 0 Å². The van der Waals surface area contributed by atoms with Crippen molar-refractivity contribution < 1.29 is 32.8 Å². The van der Waals surface area contributed by atoms with Crippen LogP contribution < -0.4 is 20.9 Å². The number of nitrogens with zero attached hydrogens (tertiary/aromatic N) is 1. The van der Waals surface area contributed by atoms with Crippen LogP contribution >= 0.6 is 18.2 Å². The molecule has 1 aliphatic rings. The lowest BCUT2D eigenvalue weighted by atomic mass is 10.1. The first-order chi connectivity index (χ1) is 16.8. The Labute approximate surface area is 215 Å². The van der Waals surface area contributed by atoms with Gasteiger partial charge in [-0.15, -0.1) is 0 Å². The van der Waals surface area contributed by atoms with Crippen molar-refractivity contribution in [2.75, 3.05) is 6.61 Å². The van der Waals surface area contributed by atoms with E-state index >= 15 is 4.39 Å². The minimum atomic E-state index is -3.51. The van der Waals surface area contributed by atoms with E-state index in [1.165, 1.54) is 6.92 Å². The third kappa shape index (κ3) is 6.80. The number of hydrogen-bond donors (Lipinski definition) is 3. The number of carbonyl (C=O) groups is 1. The summed E-state index contributed by atoms with van der Waals surface area (Å²) < 4.78 is 38.3. The van der Waals surface area contributed by atoms with E-state index in [1.807, 2.05) is 4.98 Å². The number of aromatic nitrogens is 2. The van der Waals surface area contributed by atoms with Gasteiger partial charge in [0.05, 0.1) is 12.7 Å². The maximum atomic E-state index is 15.2. The standard InChI is InChI=1S/C21H26ClFN3O8PS/c1-12(2)32-18(29)13(3)25-35(36,34-14-7-5-4-6-8-14)31-11-15-17(28)21(22,23)19(33-15)26-10-9-16(27)24-20(26)30/h4-10,12-13,15,17,19,28H,11H2,1-3H3,(H,25,36)(H,24,27,30)/t13-,15-,17-,19-,21-,35+/m1/s1. The predicted octanol–water partition coefficient (Wildman–Crippen LogP) is 1.95. The number of ether oxygens (including phenoxy) is 2. The fourth-order valence-electron chi connectivity index (χ4n) is 3.22. The van der Waals surface area contributed by atoms with E-state index in [9.17, 15) is 19.5 Å². The third-order valence-electron chi connectivity index (χ3n) is 4.92. The van der Waals surface area contributed by atoms with Crippen LogP contribution in [0, 0.1) is 0 Å². The highest BCUT2D eigenvalue weighted by Crippen LogP contribution is 2.48. The van der Waals surface area contributed by atoms with Gasteiger partial charge < -0.3 is 23.6 Å². The second-order valence-corrected chi connectivity index (χ2v) is 11.9. The van der Waals surface area contributed by atoms with Gasteiger partial charge in [0.1, 0.15) is 24.0 Å². The average molecular weight is 566 g/mol. The SMILES string of the molecule is CC(C)OC(=O)[C@@H](C)N[P@](=S)(OC[C@H]1O[C@@H](n2ccc(=O)[nH]c2=O)[C@@](F)(Cl)[C@@H]1O)Oc1ccccc1. The summed E-state index contributed by atoms with van der Waals surface area (Å²) in [6.07, 6.45) is -4.50. The lowest BCUT2D eigenvalue weighted by Crippen LogP contribution is -2.42. The molecule has 6 atom stereocenters. The number of halogens is 2. The highest BCUT2D eigenvalue weighted by atomic mass is 35.5. The normalized spacial score (nSPS) is 26.4. The van der Waals surface area contributed by atoms with Crippen LogP contribution in [0.1, 0.15) is 27.0 Å². The third-order valence-corrected chi connectivity index (χ3v) is 7.83. The monoisotopic (exact) mass is 565 g/mol. The van der Waals surface area contributed by atoms with Crippen molar-refractivity contribution in [1.82, 2.24) is 14.6 Å². The number of aromatic amines is 1. The van der Waals surface area contributed by atoms with E-state index in [1.54, 1.807) is 44.2 Å². The number of aliphatic hydroxyl groups excluding tert-OH is 1. The van der Waals surface area contributed by atoms with Gasteiger partial charge in [-0.1, -0.05) is 29.8 Å². The van der Waals surface area contributed by atoms with Gasteiger partial charge >= 0.3 is 18.3 Å². The topological polar surface area (TPSA) is 141 Å². The number of nitrogens with one attached hydrogen (secondary N) is 2. The first-order valence-electron chi connectivity index (χ1n) is 10.8. The van der Waals surface area contributed by atoms with E-state index in [0.717, 1.165) is 12.3 Å². The van der Waals surface area contributed by atoms with E-state index < -0.39 is 60.1 Å². The Bertz CT molecular complexity index is 1230. The van der Waals surface area contributed by atoms with Gasteiger partial charge in [0.2, 0.25) is 0 Å². The van der Waals surface area contributed by atoms with Crippen LogP contribution in [0.4, 0.5) is 4.39 Å².